The van der Waals surface area contributed by atoms with Gasteiger partial charge in [0.15, 0.2) is 0 Å². The van der Waals surface area contributed by atoms with E-state index in [0.29, 0.717) is 21.3 Å². The summed E-state index contributed by atoms with van der Waals surface area (Å²) >= 11 is 11.8. The monoisotopic (exact) mass is 323 g/mol. The highest BCUT2D eigenvalue weighted by Crippen LogP contribution is 2.26. The fourth-order valence-corrected chi connectivity index (χ4v) is 2.29. The van der Waals surface area contributed by atoms with Crippen LogP contribution in [-0.4, -0.2) is 13.1 Å². The molecule has 1 unspecified atom stereocenters. The summed E-state index contributed by atoms with van der Waals surface area (Å²) in [6.45, 7) is 2.00. The van der Waals surface area contributed by atoms with E-state index in [0.717, 1.165) is 5.56 Å². The molecular formula is C16H15Cl2NO2. The molecule has 0 fully saturated rings. The minimum absolute atomic E-state index is 0.00634. The SMILES string of the molecule is COC(=O)c1cc(Cl)ccc1NC(C)c1ccc(Cl)cc1. The van der Waals surface area contributed by atoms with Gasteiger partial charge in [-0.2, -0.15) is 0 Å². The molecule has 21 heavy (non-hydrogen) atoms. The Balaban J connectivity index is 2.26. The Hall–Kier alpha value is -1.71. The molecule has 110 valence electrons. The predicted octanol–water partition coefficient (Wildman–Crippen LogP) is 4.95. The van der Waals surface area contributed by atoms with Crippen LogP contribution in [0.1, 0.15) is 28.9 Å². The van der Waals surface area contributed by atoms with Crippen molar-refractivity contribution in [1.82, 2.24) is 0 Å². The molecule has 2 aromatic rings. The van der Waals surface area contributed by atoms with E-state index < -0.39 is 5.97 Å². The molecule has 0 aliphatic rings. The van der Waals surface area contributed by atoms with Gasteiger partial charge in [-0.3, -0.25) is 0 Å². The minimum Gasteiger partial charge on any atom is -0.465 e. The Morgan fingerprint density at radius 2 is 1.71 bits per heavy atom. The van der Waals surface area contributed by atoms with Crippen LogP contribution in [-0.2, 0) is 4.74 Å². The van der Waals surface area contributed by atoms with Crippen molar-refractivity contribution in [3.05, 3.63) is 63.6 Å². The van der Waals surface area contributed by atoms with E-state index in [9.17, 15) is 4.79 Å². The van der Waals surface area contributed by atoms with E-state index in [4.69, 9.17) is 27.9 Å². The van der Waals surface area contributed by atoms with Gasteiger partial charge in [0.2, 0.25) is 0 Å². The Morgan fingerprint density at radius 1 is 1.10 bits per heavy atom. The number of esters is 1. The molecule has 1 atom stereocenters. The van der Waals surface area contributed by atoms with Crippen LogP contribution in [0.4, 0.5) is 5.69 Å². The minimum atomic E-state index is -0.427. The quantitative estimate of drug-likeness (QED) is 0.809. The van der Waals surface area contributed by atoms with E-state index in [1.165, 1.54) is 7.11 Å². The highest BCUT2D eigenvalue weighted by molar-refractivity contribution is 6.31. The fraction of sp³-hybridized carbons (Fsp3) is 0.188. The van der Waals surface area contributed by atoms with E-state index in [-0.39, 0.29) is 6.04 Å². The molecule has 0 spiro atoms. The number of carbonyl (C=O) groups is 1. The second-order valence-electron chi connectivity index (χ2n) is 4.60. The number of hydrogen-bond acceptors (Lipinski definition) is 3. The fourth-order valence-electron chi connectivity index (χ4n) is 1.99. The van der Waals surface area contributed by atoms with Crippen molar-refractivity contribution >= 4 is 34.9 Å². The van der Waals surface area contributed by atoms with Gasteiger partial charge in [0.1, 0.15) is 0 Å². The lowest BCUT2D eigenvalue weighted by Gasteiger charge is -2.18. The third-order valence-electron chi connectivity index (χ3n) is 3.13. The highest BCUT2D eigenvalue weighted by Gasteiger charge is 2.15. The Bertz CT molecular complexity index is 641. The zero-order chi connectivity index (χ0) is 15.4. The second kappa shape index (κ2) is 6.83. The van der Waals surface area contributed by atoms with E-state index >= 15 is 0 Å². The van der Waals surface area contributed by atoms with Crippen LogP contribution in [0.2, 0.25) is 10.0 Å². The first kappa shape index (κ1) is 15.7. The number of benzene rings is 2. The summed E-state index contributed by atoms with van der Waals surface area (Å²) in [6.07, 6.45) is 0. The summed E-state index contributed by atoms with van der Waals surface area (Å²) in [5.41, 5.74) is 2.14. The molecule has 0 radical (unpaired) electrons. The van der Waals surface area contributed by atoms with Gasteiger partial charge in [-0.15, -0.1) is 0 Å². The first-order valence-corrected chi connectivity index (χ1v) is 7.16. The van der Waals surface area contributed by atoms with Crippen molar-refractivity contribution in [2.45, 2.75) is 13.0 Å². The van der Waals surface area contributed by atoms with Gasteiger partial charge < -0.3 is 10.1 Å². The lowest BCUT2D eigenvalue weighted by atomic mass is 10.1. The van der Waals surface area contributed by atoms with Crippen LogP contribution in [0.15, 0.2) is 42.5 Å². The third kappa shape index (κ3) is 3.90. The summed E-state index contributed by atoms with van der Waals surface area (Å²) in [7, 11) is 1.34. The number of methoxy groups -OCH3 is 1. The Labute approximate surface area is 133 Å². The van der Waals surface area contributed by atoms with Crippen molar-refractivity contribution < 1.29 is 9.53 Å². The molecule has 0 saturated carbocycles. The normalized spacial score (nSPS) is 11.8. The van der Waals surface area contributed by atoms with Gasteiger partial charge in [0.05, 0.1) is 12.7 Å². The molecule has 0 aromatic heterocycles. The average Bonchev–Trinajstić information content (AvgIpc) is 2.48. The van der Waals surface area contributed by atoms with Crippen LogP contribution >= 0.6 is 23.2 Å². The van der Waals surface area contributed by atoms with E-state index in [2.05, 4.69) is 5.32 Å². The molecule has 1 N–H and O–H groups in total. The maximum absolute atomic E-state index is 11.8. The van der Waals surface area contributed by atoms with Crippen LogP contribution < -0.4 is 5.32 Å². The van der Waals surface area contributed by atoms with Crippen LogP contribution in [0.3, 0.4) is 0 Å². The summed E-state index contributed by atoms with van der Waals surface area (Å²) in [4.78, 5) is 11.8. The smallest absolute Gasteiger partial charge is 0.340 e. The zero-order valence-corrected chi connectivity index (χ0v) is 13.2. The lowest BCUT2D eigenvalue weighted by Crippen LogP contribution is -2.11. The molecule has 0 aliphatic heterocycles. The average molecular weight is 324 g/mol. The molecule has 0 saturated heterocycles. The second-order valence-corrected chi connectivity index (χ2v) is 5.47. The van der Waals surface area contributed by atoms with Crippen molar-refractivity contribution in [2.75, 3.05) is 12.4 Å². The largest absolute Gasteiger partial charge is 0.465 e. The molecule has 2 aromatic carbocycles. The van der Waals surface area contributed by atoms with Crippen molar-refractivity contribution in [3.8, 4) is 0 Å². The molecule has 0 bridgehead atoms. The Kier molecular flexibility index (Phi) is 5.10. The lowest BCUT2D eigenvalue weighted by molar-refractivity contribution is 0.0602. The summed E-state index contributed by atoms with van der Waals surface area (Å²) in [5, 5.41) is 4.46. The van der Waals surface area contributed by atoms with Crippen molar-refractivity contribution in [1.29, 1.82) is 0 Å². The van der Waals surface area contributed by atoms with Gasteiger partial charge in [-0.25, -0.2) is 4.79 Å². The van der Waals surface area contributed by atoms with Gasteiger partial charge in [0.25, 0.3) is 0 Å². The standard InChI is InChI=1S/C16H15Cl2NO2/c1-10(11-3-5-12(17)6-4-11)19-15-8-7-13(18)9-14(15)16(20)21-2/h3-10,19H,1-2H3. The van der Waals surface area contributed by atoms with Crippen LogP contribution in [0.5, 0.6) is 0 Å². The number of carbonyl (C=O) groups excluding carboxylic acids is 1. The molecular weight excluding hydrogens is 309 g/mol. The summed E-state index contributed by atoms with van der Waals surface area (Å²) < 4.78 is 4.78. The molecule has 0 aliphatic carbocycles. The number of ether oxygens (including phenoxy) is 1. The van der Waals surface area contributed by atoms with Gasteiger partial charge in [-0.05, 0) is 42.8 Å². The molecule has 3 nitrogen and oxygen atoms in total. The van der Waals surface area contributed by atoms with Crippen LogP contribution in [0.25, 0.3) is 0 Å². The Morgan fingerprint density at radius 3 is 2.33 bits per heavy atom. The number of nitrogens with one attached hydrogen (secondary N) is 1. The van der Waals surface area contributed by atoms with Crippen LogP contribution in [0, 0.1) is 0 Å². The molecule has 5 heteroatoms. The maximum Gasteiger partial charge on any atom is 0.340 e. The van der Waals surface area contributed by atoms with E-state index in [1.807, 2.05) is 31.2 Å². The van der Waals surface area contributed by atoms with Gasteiger partial charge in [-0.1, -0.05) is 35.3 Å². The summed E-state index contributed by atoms with van der Waals surface area (Å²) in [5.74, 6) is -0.427. The highest BCUT2D eigenvalue weighted by atomic mass is 35.5. The van der Waals surface area contributed by atoms with Crippen molar-refractivity contribution in [3.63, 3.8) is 0 Å². The van der Waals surface area contributed by atoms with Crippen molar-refractivity contribution in [2.24, 2.45) is 0 Å². The molecule has 0 amide bonds. The number of halogens is 2. The topological polar surface area (TPSA) is 38.3 Å². The number of hydrogen-bond donors (Lipinski definition) is 1. The van der Waals surface area contributed by atoms with Gasteiger partial charge in [0, 0.05) is 21.8 Å². The third-order valence-corrected chi connectivity index (χ3v) is 3.62. The number of rotatable bonds is 4. The predicted molar refractivity (Wildman–Crippen MR) is 86.3 cm³/mol. The summed E-state index contributed by atoms with van der Waals surface area (Å²) in [6, 6.07) is 12.6. The zero-order valence-electron chi connectivity index (χ0n) is 11.7. The molecule has 0 heterocycles. The first-order chi connectivity index (χ1) is 10.0. The maximum atomic E-state index is 11.8. The molecule has 2 rings (SSSR count). The van der Waals surface area contributed by atoms with E-state index in [1.54, 1.807) is 18.2 Å². The first-order valence-electron chi connectivity index (χ1n) is 6.41. The number of anilines is 1. The van der Waals surface area contributed by atoms with Gasteiger partial charge >= 0.3 is 5.97 Å².